The normalized spacial score (nSPS) is 17.9. The number of aryl methyl sites for hydroxylation is 1. The van der Waals surface area contributed by atoms with Crippen LogP contribution in [0, 0.1) is 19.8 Å². The zero-order valence-electron chi connectivity index (χ0n) is 14.7. The zero-order valence-corrected chi connectivity index (χ0v) is 15.5. The molecule has 25 heavy (non-hydrogen) atoms. The highest BCUT2D eigenvalue weighted by Crippen LogP contribution is 2.24. The van der Waals surface area contributed by atoms with Crippen LogP contribution in [0.15, 0.2) is 18.2 Å². The van der Waals surface area contributed by atoms with Crippen LogP contribution in [0.4, 0.5) is 0 Å². The molecule has 1 heterocycles. The zero-order chi connectivity index (χ0) is 18.8. The average Bonchev–Trinajstić information content (AvgIpc) is 2.54. The lowest BCUT2D eigenvalue weighted by molar-refractivity contribution is -0.143. The van der Waals surface area contributed by atoms with E-state index in [0.29, 0.717) is 18.4 Å². The molecule has 1 aliphatic rings. The van der Waals surface area contributed by atoms with Crippen molar-refractivity contribution < 1.29 is 23.1 Å². The lowest BCUT2D eigenvalue weighted by Gasteiger charge is -2.30. The molecule has 0 radical (unpaired) electrons. The summed E-state index contributed by atoms with van der Waals surface area (Å²) < 4.78 is 24.4. The number of rotatable bonds is 5. The molecule has 1 atom stereocenters. The number of benzene rings is 1. The van der Waals surface area contributed by atoms with Gasteiger partial charge in [0.1, 0.15) is 0 Å². The van der Waals surface area contributed by atoms with Gasteiger partial charge >= 0.3 is 5.97 Å². The molecule has 1 aliphatic heterocycles. The largest absolute Gasteiger partial charge is 0.479 e. The Bertz CT molecular complexity index is 767. The van der Waals surface area contributed by atoms with E-state index >= 15 is 0 Å². The number of amides is 1. The summed E-state index contributed by atoms with van der Waals surface area (Å²) in [7, 11) is -3.26. The second-order valence-corrected chi connectivity index (χ2v) is 8.49. The molecule has 1 aromatic rings. The third-order valence-electron chi connectivity index (χ3n) is 4.78. The molecular weight excluding hydrogens is 344 g/mol. The summed E-state index contributed by atoms with van der Waals surface area (Å²) in [6, 6.07) is 4.25. The van der Waals surface area contributed by atoms with E-state index in [4.69, 9.17) is 0 Å². The van der Waals surface area contributed by atoms with Gasteiger partial charge in [-0.1, -0.05) is 18.2 Å². The molecule has 0 saturated carbocycles. The van der Waals surface area contributed by atoms with E-state index in [2.05, 4.69) is 5.32 Å². The van der Waals surface area contributed by atoms with Crippen molar-refractivity contribution in [3.05, 3.63) is 34.9 Å². The number of nitrogens with one attached hydrogen (secondary N) is 1. The quantitative estimate of drug-likeness (QED) is 0.813. The predicted molar refractivity (Wildman–Crippen MR) is 93.6 cm³/mol. The first-order chi connectivity index (χ1) is 11.6. The van der Waals surface area contributed by atoms with Crippen molar-refractivity contribution >= 4 is 21.9 Å². The summed E-state index contributed by atoms with van der Waals surface area (Å²) in [5, 5.41) is 12.2. The van der Waals surface area contributed by atoms with Gasteiger partial charge in [-0.3, -0.25) is 4.79 Å². The van der Waals surface area contributed by atoms with E-state index in [0.717, 1.165) is 17.4 Å². The first-order valence-electron chi connectivity index (χ1n) is 8.15. The summed E-state index contributed by atoms with van der Waals surface area (Å²) in [6.45, 7) is 4.27. The predicted octanol–water partition coefficient (Wildman–Crippen LogP) is 1.22. The fourth-order valence-electron chi connectivity index (χ4n) is 3.07. The van der Waals surface area contributed by atoms with Crippen LogP contribution in [0.25, 0.3) is 0 Å². The molecular formula is C17H24N2O5S. The van der Waals surface area contributed by atoms with Crippen molar-refractivity contribution in [2.45, 2.75) is 32.7 Å². The van der Waals surface area contributed by atoms with Crippen LogP contribution in [0.5, 0.6) is 0 Å². The molecule has 1 fully saturated rings. The molecule has 7 nitrogen and oxygen atoms in total. The summed E-state index contributed by atoms with van der Waals surface area (Å²) >= 11 is 0. The third kappa shape index (κ3) is 4.58. The van der Waals surface area contributed by atoms with E-state index in [1.54, 1.807) is 12.1 Å². The molecule has 138 valence electrons. The van der Waals surface area contributed by atoms with Gasteiger partial charge in [0, 0.05) is 19.0 Å². The Morgan fingerprint density at radius 2 is 1.84 bits per heavy atom. The number of carbonyl (C=O) groups excluding carboxylic acids is 1. The summed E-state index contributed by atoms with van der Waals surface area (Å²) in [5.41, 5.74) is 2.36. The molecule has 0 aromatic heterocycles. The molecule has 2 N–H and O–H groups in total. The number of sulfonamides is 1. The van der Waals surface area contributed by atoms with Crippen LogP contribution in [-0.2, 0) is 19.6 Å². The van der Waals surface area contributed by atoms with Gasteiger partial charge in [0.2, 0.25) is 15.9 Å². The van der Waals surface area contributed by atoms with Gasteiger partial charge in [-0.2, -0.15) is 0 Å². The smallest absolute Gasteiger partial charge is 0.330 e. The maximum atomic E-state index is 12.5. The van der Waals surface area contributed by atoms with Crippen LogP contribution in [0.1, 0.15) is 35.6 Å². The van der Waals surface area contributed by atoms with Crippen LogP contribution in [0.3, 0.4) is 0 Å². The standard InChI is InChI=1S/C17H24N2O5S/c1-11-5-4-6-14(12(11)2)15(17(21)22)18-16(20)13-7-9-19(10-8-13)25(3,23)24/h4-6,13,15H,7-10H2,1-3H3,(H,18,20)(H,21,22). The van der Waals surface area contributed by atoms with Gasteiger partial charge in [-0.05, 0) is 43.4 Å². The third-order valence-corrected chi connectivity index (χ3v) is 6.09. The van der Waals surface area contributed by atoms with E-state index in [-0.39, 0.29) is 24.9 Å². The Labute approximate surface area is 148 Å². The molecule has 0 bridgehead atoms. The second kappa shape index (κ2) is 7.53. The number of hydrogen-bond donors (Lipinski definition) is 2. The highest BCUT2D eigenvalue weighted by Gasteiger charge is 2.32. The monoisotopic (exact) mass is 368 g/mol. The minimum atomic E-state index is -3.26. The van der Waals surface area contributed by atoms with E-state index < -0.39 is 22.0 Å². The van der Waals surface area contributed by atoms with Crippen molar-refractivity contribution in [3.63, 3.8) is 0 Å². The first-order valence-corrected chi connectivity index (χ1v) is 10.0. The topological polar surface area (TPSA) is 104 Å². The van der Waals surface area contributed by atoms with Crippen LogP contribution in [-0.4, -0.2) is 49.1 Å². The van der Waals surface area contributed by atoms with Gasteiger partial charge in [-0.15, -0.1) is 0 Å². The highest BCUT2D eigenvalue weighted by molar-refractivity contribution is 7.88. The van der Waals surface area contributed by atoms with Gasteiger partial charge in [0.15, 0.2) is 6.04 Å². The number of carbonyl (C=O) groups is 2. The number of hydrogen-bond acceptors (Lipinski definition) is 4. The Hall–Kier alpha value is -1.93. The maximum Gasteiger partial charge on any atom is 0.330 e. The number of carboxylic acid groups (broad SMARTS) is 1. The fraction of sp³-hybridized carbons (Fsp3) is 0.529. The van der Waals surface area contributed by atoms with Gasteiger partial charge in [0.05, 0.1) is 6.26 Å². The first kappa shape index (κ1) is 19.4. The number of aliphatic carboxylic acids is 1. The Morgan fingerprint density at radius 1 is 1.24 bits per heavy atom. The highest BCUT2D eigenvalue weighted by atomic mass is 32.2. The summed E-state index contributed by atoms with van der Waals surface area (Å²) in [5.74, 6) is -1.85. The van der Waals surface area contributed by atoms with Crippen LogP contribution < -0.4 is 5.32 Å². The molecule has 0 spiro atoms. The molecule has 1 saturated heterocycles. The average molecular weight is 368 g/mol. The van der Waals surface area contributed by atoms with Crippen molar-refractivity contribution in [1.82, 2.24) is 9.62 Å². The van der Waals surface area contributed by atoms with Gasteiger partial charge in [-0.25, -0.2) is 17.5 Å². The Morgan fingerprint density at radius 3 is 2.36 bits per heavy atom. The van der Waals surface area contributed by atoms with E-state index in [1.807, 2.05) is 19.9 Å². The molecule has 1 unspecified atom stereocenters. The van der Waals surface area contributed by atoms with Gasteiger partial charge in [0.25, 0.3) is 0 Å². The Balaban J connectivity index is 2.09. The lowest BCUT2D eigenvalue weighted by Crippen LogP contribution is -2.44. The summed E-state index contributed by atoms with van der Waals surface area (Å²) in [6.07, 6.45) is 1.92. The van der Waals surface area contributed by atoms with Crippen molar-refractivity contribution in [2.24, 2.45) is 5.92 Å². The van der Waals surface area contributed by atoms with E-state index in [1.165, 1.54) is 4.31 Å². The minimum Gasteiger partial charge on any atom is -0.479 e. The van der Waals surface area contributed by atoms with Crippen molar-refractivity contribution in [2.75, 3.05) is 19.3 Å². The fourth-order valence-corrected chi connectivity index (χ4v) is 3.94. The molecule has 0 aliphatic carbocycles. The molecule has 8 heteroatoms. The SMILES string of the molecule is Cc1cccc(C(NC(=O)C2CCN(S(C)(=O)=O)CC2)C(=O)O)c1C. The maximum absolute atomic E-state index is 12.5. The summed E-state index contributed by atoms with van der Waals surface area (Å²) in [4.78, 5) is 24.2. The van der Waals surface area contributed by atoms with E-state index in [9.17, 15) is 23.1 Å². The van der Waals surface area contributed by atoms with Crippen LogP contribution >= 0.6 is 0 Å². The minimum absolute atomic E-state index is 0.276. The number of nitrogens with zero attached hydrogens (tertiary/aromatic N) is 1. The number of carboxylic acids is 1. The lowest BCUT2D eigenvalue weighted by atomic mass is 9.94. The van der Waals surface area contributed by atoms with Crippen molar-refractivity contribution in [3.8, 4) is 0 Å². The molecule has 2 rings (SSSR count). The van der Waals surface area contributed by atoms with Crippen LogP contribution in [0.2, 0.25) is 0 Å². The Kier molecular flexibility index (Phi) is 5.84. The molecule has 1 amide bonds. The van der Waals surface area contributed by atoms with Gasteiger partial charge < -0.3 is 10.4 Å². The van der Waals surface area contributed by atoms with Crippen molar-refractivity contribution in [1.29, 1.82) is 0 Å². The number of piperidine rings is 1. The molecule has 1 aromatic carbocycles. The second-order valence-electron chi connectivity index (χ2n) is 6.51.